The van der Waals surface area contributed by atoms with Crippen molar-refractivity contribution >= 4 is 35.6 Å². The Morgan fingerprint density at radius 2 is 1.88 bits per heavy atom. The van der Waals surface area contributed by atoms with Gasteiger partial charge >= 0.3 is 16.5 Å². The van der Waals surface area contributed by atoms with E-state index in [0.717, 1.165) is 0 Å². The largest absolute Gasteiger partial charge is 2.00 e. The molecule has 0 aromatic heterocycles. The zero-order chi connectivity index (χ0) is 6.28. The summed E-state index contributed by atoms with van der Waals surface area (Å²) in [5.41, 5.74) is 4.66. The fourth-order valence-electron chi connectivity index (χ4n) is 0. The standard InChI is InChI=1S/CH3NS2.CH2O2.Ni/c2-1(3)4;2-1-3;/h(H3,2,3,4);1H,(H,2,3);/q;;+2/p-2. The van der Waals surface area contributed by atoms with Gasteiger partial charge in [-0.15, -0.1) is 0 Å². The smallest absolute Gasteiger partial charge is 0.554 e. The maximum atomic E-state index is 8.25. The van der Waals surface area contributed by atoms with Crippen molar-refractivity contribution < 1.29 is 26.4 Å². The molecule has 0 heterocycles. The monoisotopic (exact) mass is 195 g/mol. The predicted octanol–water partition coefficient (Wildman–Crippen LogP) is -1.86. The average Bonchev–Trinajstić information content (AvgIpc) is 1.33. The minimum absolute atomic E-state index is 0. The number of carboxylic acid groups (broad SMARTS) is 1. The van der Waals surface area contributed by atoms with E-state index in [0.29, 0.717) is 0 Å². The van der Waals surface area contributed by atoms with Crippen molar-refractivity contribution in [2.24, 2.45) is 5.73 Å². The van der Waals surface area contributed by atoms with Gasteiger partial charge in [-0.05, 0) is 0 Å². The Bertz CT molecular complexity index is 65.1. The number of carbonyl (C=O) groups excluding carboxylic acids is 1. The predicted molar refractivity (Wildman–Crippen MR) is 30.2 cm³/mol. The van der Waals surface area contributed by atoms with Gasteiger partial charge in [-0.25, -0.2) is 0 Å². The van der Waals surface area contributed by atoms with Crippen LogP contribution in [-0.2, 0) is 33.9 Å². The van der Waals surface area contributed by atoms with E-state index >= 15 is 0 Å². The minimum Gasteiger partial charge on any atom is -0.554 e. The SMILES string of the molecule is NC(=S)[S-].O=C[O-].[Ni+2]. The number of nitrogens with two attached hydrogens (primary N) is 1. The molecule has 0 saturated carbocycles. The molecule has 3 nitrogen and oxygen atoms in total. The van der Waals surface area contributed by atoms with E-state index in [-0.39, 0.29) is 20.8 Å². The third kappa shape index (κ3) is 28900. The normalized spacial score (nSPS) is 4.50. The van der Waals surface area contributed by atoms with Gasteiger partial charge in [0.1, 0.15) is 0 Å². The van der Waals surface area contributed by atoms with Gasteiger partial charge in [0.15, 0.2) is 0 Å². The summed E-state index contributed by atoms with van der Waals surface area (Å²) < 4.78 is 0.0833. The third-order valence-corrected chi connectivity index (χ3v) is 0. The molecule has 0 saturated heterocycles. The molecular formula is C2H3NNiO2S2. The Hall–Kier alpha value is 0.0735. The number of rotatable bonds is 0. The molecule has 0 atom stereocenters. The summed E-state index contributed by atoms with van der Waals surface area (Å²) >= 11 is 8.26. The average molecular weight is 196 g/mol. The van der Waals surface area contributed by atoms with E-state index in [1.165, 1.54) is 0 Å². The Morgan fingerprint density at radius 1 is 1.88 bits per heavy atom. The van der Waals surface area contributed by atoms with Crippen LogP contribution in [0.15, 0.2) is 0 Å². The summed E-state index contributed by atoms with van der Waals surface area (Å²) in [6, 6.07) is 0. The summed E-state index contributed by atoms with van der Waals surface area (Å²) in [4.78, 5) is 8.25. The first-order valence-electron chi connectivity index (χ1n) is 1.17. The van der Waals surface area contributed by atoms with E-state index in [9.17, 15) is 0 Å². The van der Waals surface area contributed by atoms with E-state index in [1.54, 1.807) is 0 Å². The quantitative estimate of drug-likeness (QED) is 0.213. The molecule has 0 aliphatic heterocycles. The molecule has 0 unspecified atom stereocenters. The van der Waals surface area contributed by atoms with Crippen LogP contribution in [0.1, 0.15) is 0 Å². The Labute approximate surface area is 68.0 Å². The van der Waals surface area contributed by atoms with Crippen molar-refractivity contribution in [3.8, 4) is 0 Å². The van der Waals surface area contributed by atoms with Gasteiger partial charge in [0, 0.05) is 6.47 Å². The van der Waals surface area contributed by atoms with E-state index in [4.69, 9.17) is 9.90 Å². The first-order chi connectivity index (χ1) is 3.15. The number of thiocarbonyl (C=S) groups is 1. The molecule has 0 aliphatic rings. The summed E-state index contributed by atoms with van der Waals surface area (Å²) in [6.07, 6.45) is 0. The molecule has 6 heteroatoms. The molecule has 0 bridgehead atoms. The molecular weight excluding hydrogens is 193 g/mol. The molecule has 2 N–H and O–H groups in total. The number of carbonyl (C=O) groups is 1. The minimum atomic E-state index is -0.500. The first kappa shape index (κ1) is 15.7. The van der Waals surface area contributed by atoms with Crippen LogP contribution in [0.25, 0.3) is 0 Å². The molecule has 0 aliphatic carbocycles. The van der Waals surface area contributed by atoms with Gasteiger partial charge in [-0.1, -0.05) is 4.32 Å². The molecule has 8 heavy (non-hydrogen) atoms. The molecule has 0 amide bonds. The second kappa shape index (κ2) is 15.7. The maximum Gasteiger partial charge on any atom is 2.00 e. The molecule has 0 aromatic carbocycles. The summed E-state index contributed by atoms with van der Waals surface area (Å²) in [5, 5.41) is 8.25. The van der Waals surface area contributed by atoms with Crippen LogP contribution < -0.4 is 10.8 Å². The van der Waals surface area contributed by atoms with Crippen LogP contribution in [-0.4, -0.2) is 10.8 Å². The number of hydrogen-bond donors (Lipinski definition) is 1. The zero-order valence-electron chi connectivity index (χ0n) is 3.60. The molecule has 0 spiro atoms. The Balaban J connectivity index is -0.0000000575. The maximum absolute atomic E-state index is 8.25. The van der Waals surface area contributed by atoms with Gasteiger partial charge in [0.2, 0.25) is 0 Å². The summed E-state index contributed by atoms with van der Waals surface area (Å²) in [5.74, 6) is 0. The van der Waals surface area contributed by atoms with Gasteiger partial charge < -0.3 is 40.5 Å². The molecule has 0 aromatic rings. The van der Waals surface area contributed by atoms with Crippen LogP contribution in [0.3, 0.4) is 0 Å². The molecule has 0 fully saturated rings. The van der Waals surface area contributed by atoms with Gasteiger partial charge in [0.25, 0.3) is 0 Å². The third-order valence-electron chi connectivity index (χ3n) is 0. The van der Waals surface area contributed by atoms with Crippen molar-refractivity contribution in [3.05, 3.63) is 0 Å². The summed E-state index contributed by atoms with van der Waals surface area (Å²) in [6.45, 7) is -0.500. The van der Waals surface area contributed by atoms with Crippen LogP contribution in [0.5, 0.6) is 0 Å². The fraction of sp³-hybridized carbons (Fsp3) is 0. The van der Waals surface area contributed by atoms with Gasteiger partial charge in [-0.3, -0.25) is 0 Å². The van der Waals surface area contributed by atoms with Crippen molar-refractivity contribution in [2.45, 2.75) is 0 Å². The van der Waals surface area contributed by atoms with Gasteiger partial charge in [0.05, 0.1) is 0 Å². The fourth-order valence-corrected chi connectivity index (χ4v) is 0. The Morgan fingerprint density at radius 3 is 1.88 bits per heavy atom. The van der Waals surface area contributed by atoms with Crippen molar-refractivity contribution in [1.82, 2.24) is 0 Å². The second-order valence-electron chi connectivity index (χ2n) is 0.415. The van der Waals surface area contributed by atoms with E-state index in [2.05, 4.69) is 30.6 Å². The zero-order valence-corrected chi connectivity index (χ0v) is 6.22. The van der Waals surface area contributed by atoms with Crippen LogP contribution in [0, 0.1) is 0 Å². The van der Waals surface area contributed by atoms with Gasteiger partial charge in [-0.2, -0.15) is 0 Å². The topological polar surface area (TPSA) is 66.2 Å². The molecule has 50 valence electrons. The molecule has 0 rings (SSSR count). The van der Waals surface area contributed by atoms with Crippen molar-refractivity contribution in [2.75, 3.05) is 0 Å². The Kier molecular flexibility index (Phi) is 30.8. The van der Waals surface area contributed by atoms with E-state index in [1.807, 2.05) is 0 Å². The van der Waals surface area contributed by atoms with Crippen LogP contribution in [0.4, 0.5) is 0 Å². The van der Waals surface area contributed by atoms with E-state index < -0.39 is 6.47 Å². The summed E-state index contributed by atoms with van der Waals surface area (Å²) in [7, 11) is 0. The first-order valence-corrected chi connectivity index (χ1v) is 1.98. The van der Waals surface area contributed by atoms with Crippen LogP contribution >= 0.6 is 12.2 Å². The van der Waals surface area contributed by atoms with Crippen LogP contribution in [0.2, 0.25) is 0 Å². The van der Waals surface area contributed by atoms with Crippen molar-refractivity contribution in [1.29, 1.82) is 0 Å². The number of hydrogen-bond acceptors (Lipinski definition) is 4. The second-order valence-corrected chi connectivity index (χ2v) is 1.55. The van der Waals surface area contributed by atoms with Crippen molar-refractivity contribution in [3.63, 3.8) is 0 Å². The molecule has 0 radical (unpaired) electrons.